The van der Waals surface area contributed by atoms with Crippen LogP contribution in [0.4, 0.5) is 18.9 Å². The summed E-state index contributed by atoms with van der Waals surface area (Å²) in [5.74, 6) is -1.49. The molecule has 1 amide bonds. The van der Waals surface area contributed by atoms with Gasteiger partial charge in [0.05, 0.1) is 23.8 Å². The number of alkyl halides is 3. The molecule has 5 nitrogen and oxygen atoms in total. The quantitative estimate of drug-likeness (QED) is 0.303. The summed E-state index contributed by atoms with van der Waals surface area (Å²) in [5.41, 5.74) is 1.70. The summed E-state index contributed by atoms with van der Waals surface area (Å²) in [6, 6.07) is 15.1. The van der Waals surface area contributed by atoms with Gasteiger partial charge in [-0.05, 0) is 66.1 Å². The number of aryl methyl sites for hydroxylation is 1. The number of rotatable bonds is 3. The number of carbonyl (C=O) groups excluding carboxylic acids is 2. The Kier molecular flexibility index (Phi) is 5.39. The van der Waals surface area contributed by atoms with Crippen LogP contribution in [0.3, 0.4) is 0 Å². The van der Waals surface area contributed by atoms with Crippen molar-refractivity contribution in [2.45, 2.75) is 25.6 Å². The monoisotopic (exact) mass is 479 g/mol. The molecule has 2 heterocycles. The van der Waals surface area contributed by atoms with E-state index in [1.165, 1.54) is 0 Å². The summed E-state index contributed by atoms with van der Waals surface area (Å²) >= 11 is 0. The van der Waals surface area contributed by atoms with Gasteiger partial charge in [-0.1, -0.05) is 24.3 Å². The molecule has 0 spiro atoms. The Balaban J connectivity index is 1.68. The van der Waals surface area contributed by atoms with Crippen LogP contribution in [-0.2, 0) is 22.2 Å². The van der Waals surface area contributed by atoms with E-state index in [0.29, 0.717) is 29.9 Å². The number of hydrogen-bond acceptors (Lipinski definition) is 4. The molecule has 1 fully saturated rings. The third-order valence-electron chi connectivity index (χ3n) is 6.36. The van der Waals surface area contributed by atoms with Gasteiger partial charge in [0.25, 0.3) is 11.7 Å². The normalized spacial score (nSPS) is 19.1. The van der Waals surface area contributed by atoms with Gasteiger partial charge in [-0.3, -0.25) is 14.5 Å². The number of fused-ring (bicyclic) bond motifs is 1. The number of anilines is 1. The molecule has 0 aliphatic carbocycles. The largest absolute Gasteiger partial charge is 0.507 e. The second-order valence-electron chi connectivity index (χ2n) is 8.49. The molecule has 1 unspecified atom stereocenters. The van der Waals surface area contributed by atoms with E-state index in [1.807, 2.05) is 0 Å². The minimum atomic E-state index is -4.54. The van der Waals surface area contributed by atoms with Gasteiger partial charge in [-0.15, -0.1) is 0 Å². The average Bonchev–Trinajstić information content (AvgIpc) is 3.40. The van der Waals surface area contributed by atoms with Crippen LogP contribution in [-0.4, -0.2) is 23.4 Å². The van der Waals surface area contributed by atoms with Gasteiger partial charge in [0, 0.05) is 17.7 Å². The Morgan fingerprint density at radius 1 is 1.03 bits per heavy atom. The van der Waals surface area contributed by atoms with Crippen LogP contribution in [0.1, 0.15) is 33.9 Å². The highest BCUT2D eigenvalue weighted by Crippen LogP contribution is 2.44. The molecule has 1 N–H and O–H groups in total. The van der Waals surface area contributed by atoms with Crippen molar-refractivity contribution in [2.24, 2.45) is 0 Å². The van der Waals surface area contributed by atoms with E-state index in [9.17, 15) is 27.9 Å². The topological polar surface area (TPSA) is 66.8 Å². The van der Waals surface area contributed by atoms with E-state index in [2.05, 4.69) is 0 Å². The van der Waals surface area contributed by atoms with Crippen molar-refractivity contribution < 1.29 is 32.6 Å². The maximum absolute atomic E-state index is 13.2. The molecule has 8 heteroatoms. The second kappa shape index (κ2) is 8.30. The summed E-state index contributed by atoms with van der Waals surface area (Å²) in [4.78, 5) is 27.6. The minimum absolute atomic E-state index is 0.120. The number of aliphatic hydroxyl groups excluding tert-OH is 1. The number of nitrogens with zero attached hydrogens (tertiary/aromatic N) is 1. The molecule has 5 rings (SSSR count). The van der Waals surface area contributed by atoms with Crippen LogP contribution in [0.25, 0.3) is 5.76 Å². The zero-order valence-electron chi connectivity index (χ0n) is 18.6. The van der Waals surface area contributed by atoms with Crippen LogP contribution in [0.5, 0.6) is 5.75 Å². The van der Waals surface area contributed by atoms with Crippen molar-refractivity contribution >= 4 is 23.1 Å². The number of Topliss-reactive ketones (excluding diaryl/α,β-unsaturated/α-hetero) is 1. The molecule has 35 heavy (non-hydrogen) atoms. The van der Waals surface area contributed by atoms with Gasteiger partial charge < -0.3 is 9.84 Å². The lowest BCUT2D eigenvalue weighted by atomic mass is 9.92. The third kappa shape index (κ3) is 3.84. The fraction of sp³-hybridized carbons (Fsp3) is 0.185. The zero-order chi connectivity index (χ0) is 24.9. The standard InChI is InChI=1S/C27H20F3NO4/c1-15-4-2-3-5-20(15)23-22(24(32)17-6-11-21-16(14-17)12-13-35-21)25(33)26(34)31(23)19-9-7-18(8-10-19)27(28,29)30/h2-11,14,23,32H,12-13H2,1H3/b24-22+. The zero-order valence-corrected chi connectivity index (χ0v) is 18.6. The summed E-state index contributed by atoms with van der Waals surface area (Å²) in [6.07, 6.45) is -3.89. The van der Waals surface area contributed by atoms with Gasteiger partial charge in [0.1, 0.15) is 11.5 Å². The maximum Gasteiger partial charge on any atom is 0.416 e. The molecular formula is C27H20F3NO4. The molecular weight excluding hydrogens is 459 g/mol. The van der Waals surface area contributed by atoms with Crippen molar-refractivity contribution in [1.82, 2.24) is 0 Å². The predicted molar refractivity (Wildman–Crippen MR) is 123 cm³/mol. The van der Waals surface area contributed by atoms with Crippen LogP contribution in [0.15, 0.2) is 72.3 Å². The first-order chi connectivity index (χ1) is 16.7. The Morgan fingerprint density at radius 3 is 2.43 bits per heavy atom. The summed E-state index contributed by atoms with van der Waals surface area (Å²) in [6.45, 7) is 2.32. The maximum atomic E-state index is 13.2. The highest BCUT2D eigenvalue weighted by molar-refractivity contribution is 6.51. The molecule has 0 bridgehead atoms. The highest BCUT2D eigenvalue weighted by Gasteiger charge is 2.47. The summed E-state index contributed by atoms with van der Waals surface area (Å²) in [5, 5.41) is 11.3. The van der Waals surface area contributed by atoms with Gasteiger partial charge in [-0.2, -0.15) is 13.2 Å². The van der Waals surface area contributed by atoms with Crippen LogP contribution in [0.2, 0.25) is 0 Å². The number of ether oxygens (including phenoxy) is 1. The van der Waals surface area contributed by atoms with Crippen molar-refractivity contribution in [2.75, 3.05) is 11.5 Å². The van der Waals surface area contributed by atoms with Gasteiger partial charge in [0.2, 0.25) is 0 Å². The number of amides is 1. The van der Waals surface area contributed by atoms with E-state index in [-0.39, 0.29) is 17.0 Å². The Hall–Kier alpha value is -4.07. The average molecular weight is 479 g/mol. The fourth-order valence-electron chi connectivity index (χ4n) is 4.59. The van der Waals surface area contributed by atoms with E-state index in [1.54, 1.807) is 49.4 Å². The molecule has 2 aliphatic heterocycles. The molecule has 178 valence electrons. The molecule has 3 aromatic rings. The predicted octanol–water partition coefficient (Wildman–Crippen LogP) is 5.58. The first kappa shape index (κ1) is 22.7. The summed E-state index contributed by atoms with van der Waals surface area (Å²) < 4.78 is 44.8. The van der Waals surface area contributed by atoms with Crippen molar-refractivity contribution in [3.63, 3.8) is 0 Å². The van der Waals surface area contributed by atoms with E-state index in [4.69, 9.17) is 4.74 Å². The minimum Gasteiger partial charge on any atom is -0.507 e. The van der Waals surface area contributed by atoms with Crippen LogP contribution < -0.4 is 9.64 Å². The number of halogens is 3. The number of carbonyl (C=O) groups is 2. The number of ketones is 1. The van der Waals surface area contributed by atoms with Crippen molar-refractivity contribution in [1.29, 1.82) is 0 Å². The number of hydrogen-bond donors (Lipinski definition) is 1. The molecule has 0 saturated carbocycles. The lowest BCUT2D eigenvalue weighted by Gasteiger charge is -2.27. The lowest BCUT2D eigenvalue weighted by molar-refractivity contribution is -0.137. The van der Waals surface area contributed by atoms with Gasteiger partial charge in [0.15, 0.2) is 0 Å². The molecule has 1 atom stereocenters. The SMILES string of the molecule is Cc1ccccc1C1/C(=C(\O)c2ccc3c(c2)CCO3)C(=O)C(=O)N1c1ccc(C(F)(F)F)cc1. The molecule has 0 radical (unpaired) electrons. The van der Waals surface area contributed by atoms with Crippen molar-refractivity contribution in [3.8, 4) is 5.75 Å². The van der Waals surface area contributed by atoms with Crippen molar-refractivity contribution in [3.05, 3.63) is 100 Å². The molecule has 1 saturated heterocycles. The Morgan fingerprint density at radius 2 is 1.74 bits per heavy atom. The first-order valence-electron chi connectivity index (χ1n) is 11.0. The third-order valence-corrected chi connectivity index (χ3v) is 6.36. The molecule has 0 aromatic heterocycles. The Labute approximate surface area is 199 Å². The molecule has 3 aromatic carbocycles. The lowest BCUT2D eigenvalue weighted by Crippen LogP contribution is -2.29. The number of benzene rings is 3. The van der Waals surface area contributed by atoms with E-state index < -0.39 is 29.5 Å². The number of aliphatic hydroxyl groups is 1. The first-order valence-corrected chi connectivity index (χ1v) is 11.0. The highest BCUT2D eigenvalue weighted by atomic mass is 19.4. The summed E-state index contributed by atoms with van der Waals surface area (Å²) in [7, 11) is 0. The van der Waals surface area contributed by atoms with Crippen LogP contribution >= 0.6 is 0 Å². The molecule has 2 aliphatic rings. The van der Waals surface area contributed by atoms with E-state index in [0.717, 1.165) is 40.3 Å². The van der Waals surface area contributed by atoms with Crippen LogP contribution in [0, 0.1) is 6.92 Å². The Bertz CT molecular complexity index is 1380. The van der Waals surface area contributed by atoms with Gasteiger partial charge >= 0.3 is 6.18 Å². The fourth-order valence-corrected chi connectivity index (χ4v) is 4.59. The van der Waals surface area contributed by atoms with E-state index >= 15 is 0 Å². The van der Waals surface area contributed by atoms with Gasteiger partial charge in [-0.25, -0.2) is 0 Å². The smallest absolute Gasteiger partial charge is 0.416 e. The second-order valence-corrected chi connectivity index (χ2v) is 8.49.